The molecule has 0 N–H and O–H groups in total. The predicted octanol–water partition coefficient (Wildman–Crippen LogP) is 1.63. The summed E-state index contributed by atoms with van der Waals surface area (Å²) in [4.78, 5) is 9.26. The van der Waals surface area contributed by atoms with Crippen LogP contribution in [0.25, 0.3) is 0 Å². The van der Waals surface area contributed by atoms with Gasteiger partial charge in [-0.2, -0.15) is 0 Å². The molecule has 1 unspecified atom stereocenters. The van der Waals surface area contributed by atoms with Gasteiger partial charge in [-0.1, -0.05) is 23.7 Å². The minimum absolute atomic E-state index is 0.216. The highest BCUT2D eigenvalue weighted by atomic mass is 35.5. The van der Waals surface area contributed by atoms with Gasteiger partial charge in [-0.15, -0.1) is 11.6 Å². The number of hydrogen-bond acceptors (Lipinski definition) is 2. The minimum atomic E-state index is -1.37. The molecule has 0 aliphatic heterocycles. The summed E-state index contributed by atoms with van der Waals surface area (Å²) >= 11 is 11.4. The molecule has 0 saturated heterocycles. The minimum Gasteiger partial charge on any atom is -0.548 e. The first-order chi connectivity index (χ1) is 6.42. The molecule has 0 aliphatic carbocycles. The topological polar surface area (TPSA) is 40.1 Å². The van der Waals surface area contributed by atoms with Crippen molar-refractivity contribution in [2.75, 3.05) is 0 Å². The Morgan fingerprint density at radius 2 is 1.93 bits per heavy atom. The molecular formula is C10H9Cl2O2-. The van der Waals surface area contributed by atoms with E-state index >= 15 is 0 Å². The number of halogens is 2. The second kappa shape index (κ2) is 4.20. The van der Waals surface area contributed by atoms with E-state index in [0.717, 1.165) is 5.56 Å². The standard InChI is InChI=1S/C10H10Cl2O2/c1-10(12,9(13)14)6-7-2-4-8(11)5-3-7/h2-5H,6H2,1H3,(H,13,14)/p-1. The zero-order chi connectivity index (χ0) is 10.8. The number of aliphatic carboxylic acids is 1. The second-order valence-corrected chi connectivity index (χ2v) is 4.56. The molecule has 0 aromatic heterocycles. The Kier molecular flexibility index (Phi) is 3.40. The number of hydrogen-bond donors (Lipinski definition) is 0. The molecule has 0 amide bonds. The lowest BCUT2D eigenvalue weighted by molar-refractivity contribution is -0.309. The van der Waals surface area contributed by atoms with Crippen LogP contribution in [-0.2, 0) is 11.2 Å². The van der Waals surface area contributed by atoms with Crippen LogP contribution in [0.5, 0.6) is 0 Å². The van der Waals surface area contributed by atoms with E-state index in [4.69, 9.17) is 23.2 Å². The molecule has 1 rings (SSSR count). The van der Waals surface area contributed by atoms with Crippen LogP contribution in [0, 0.1) is 0 Å². The van der Waals surface area contributed by atoms with E-state index in [1.807, 2.05) is 0 Å². The van der Waals surface area contributed by atoms with Crippen LogP contribution in [0.1, 0.15) is 12.5 Å². The lowest BCUT2D eigenvalue weighted by Gasteiger charge is -2.22. The average molecular weight is 232 g/mol. The van der Waals surface area contributed by atoms with Gasteiger partial charge in [0.15, 0.2) is 0 Å². The van der Waals surface area contributed by atoms with Crippen LogP contribution >= 0.6 is 23.2 Å². The first-order valence-corrected chi connectivity index (χ1v) is 4.82. The van der Waals surface area contributed by atoms with Gasteiger partial charge in [-0.3, -0.25) is 0 Å². The summed E-state index contributed by atoms with van der Waals surface area (Å²) in [5.41, 5.74) is 0.816. The van der Waals surface area contributed by atoms with Crippen molar-refractivity contribution >= 4 is 29.2 Å². The van der Waals surface area contributed by atoms with E-state index in [1.165, 1.54) is 6.92 Å². The van der Waals surface area contributed by atoms with E-state index in [2.05, 4.69) is 0 Å². The zero-order valence-electron chi connectivity index (χ0n) is 7.59. The molecule has 0 spiro atoms. The summed E-state index contributed by atoms with van der Waals surface area (Å²) in [7, 11) is 0. The normalized spacial score (nSPS) is 14.8. The number of benzene rings is 1. The quantitative estimate of drug-likeness (QED) is 0.743. The summed E-state index contributed by atoms with van der Waals surface area (Å²) in [6.45, 7) is 1.42. The van der Waals surface area contributed by atoms with Crippen molar-refractivity contribution in [3.63, 3.8) is 0 Å². The zero-order valence-corrected chi connectivity index (χ0v) is 9.10. The van der Waals surface area contributed by atoms with Crippen LogP contribution in [0.2, 0.25) is 5.02 Å². The summed E-state index contributed by atoms with van der Waals surface area (Å²) < 4.78 is 0. The largest absolute Gasteiger partial charge is 0.548 e. The summed E-state index contributed by atoms with van der Waals surface area (Å²) in [5.74, 6) is -1.27. The molecule has 4 heteroatoms. The molecule has 1 aromatic carbocycles. The van der Waals surface area contributed by atoms with Crippen molar-refractivity contribution in [1.82, 2.24) is 0 Å². The third kappa shape index (κ3) is 2.89. The van der Waals surface area contributed by atoms with Gasteiger partial charge in [0.05, 0.1) is 10.8 Å². The van der Waals surface area contributed by atoms with Crippen molar-refractivity contribution in [1.29, 1.82) is 0 Å². The Morgan fingerprint density at radius 3 is 2.36 bits per heavy atom. The summed E-state index contributed by atoms with van der Waals surface area (Å²) in [5, 5.41) is 11.2. The van der Waals surface area contributed by atoms with Gasteiger partial charge in [0.1, 0.15) is 0 Å². The maximum atomic E-state index is 10.6. The molecular weight excluding hydrogens is 223 g/mol. The molecule has 2 nitrogen and oxygen atoms in total. The smallest absolute Gasteiger partial charge is 0.0851 e. The number of carboxylic acid groups (broad SMARTS) is 1. The third-order valence-electron chi connectivity index (χ3n) is 1.87. The Labute approximate surface area is 92.5 Å². The van der Waals surface area contributed by atoms with Gasteiger partial charge in [0.25, 0.3) is 0 Å². The van der Waals surface area contributed by atoms with Gasteiger partial charge in [-0.25, -0.2) is 0 Å². The monoisotopic (exact) mass is 231 g/mol. The first-order valence-electron chi connectivity index (χ1n) is 4.06. The van der Waals surface area contributed by atoms with Crippen LogP contribution in [0.4, 0.5) is 0 Å². The van der Waals surface area contributed by atoms with Crippen molar-refractivity contribution in [3.05, 3.63) is 34.9 Å². The summed E-state index contributed by atoms with van der Waals surface area (Å²) in [6, 6.07) is 6.87. The molecule has 1 atom stereocenters. The Morgan fingerprint density at radius 1 is 1.43 bits per heavy atom. The molecule has 0 saturated carbocycles. The van der Waals surface area contributed by atoms with E-state index in [0.29, 0.717) is 5.02 Å². The molecule has 14 heavy (non-hydrogen) atoms. The van der Waals surface area contributed by atoms with Gasteiger partial charge >= 0.3 is 0 Å². The van der Waals surface area contributed by atoms with Gasteiger partial charge in [0, 0.05) is 5.02 Å². The number of rotatable bonds is 3. The first kappa shape index (κ1) is 11.3. The lowest BCUT2D eigenvalue weighted by atomic mass is 10.0. The molecule has 0 radical (unpaired) electrons. The van der Waals surface area contributed by atoms with Crippen LogP contribution in [0.3, 0.4) is 0 Å². The van der Waals surface area contributed by atoms with Gasteiger partial charge in [-0.05, 0) is 31.0 Å². The Hall–Kier alpha value is -0.730. The van der Waals surface area contributed by atoms with E-state index in [-0.39, 0.29) is 6.42 Å². The van der Waals surface area contributed by atoms with Crippen molar-refractivity contribution < 1.29 is 9.90 Å². The predicted molar refractivity (Wildman–Crippen MR) is 54.4 cm³/mol. The molecule has 0 aliphatic rings. The number of alkyl halides is 1. The van der Waals surface area contributed by atoms with Crippen molar-refractivity contribution in [3.8, 4) is 0 Å². The fourth-order valence-corrected chi connectivity index (χ4v) is 1.34. The van der Waals surface area contributed by atoms with E-state index < -0.39 is 10.8 Å². The number of carbonyl (C=O) groups excluding carboxylic acids is 1. The highest BCUT2D eigenvalue weighted by Gasteiger charge is 2.22. The summed E-state index contributed by atoms with van der Waals surface area (Å²) in [6.07, 6.45) is 0.216. The van der Waals surface area contributed by atoms with Crippen LogP contribution in [-0.4, -0.2) is 10.8 Å². The Bertz CT molecular complexity index is 330. The average Bonchev–Trinajstić information content (AvgIpc) is 2.08. The number of carboxylic acids is 1. The SMILES string of the molecule is CC(Cl)(Cc1ccc(Cl)cc1)C(=O)[O-]. The van der Waals surface area contributed by atoms with Crippen LogP contribution in [0.15, 0.2) is 24.3 Å². The maximum absolute atomic E-state index is 10.6. The highest BCUT2D eigenvalue weighted by Crippen LogP contribution is 2.21. The molecule has 0 heterocycles. The van der Waals surface area contributed by atoms with Gasteiger partial charge in [0.2, 0.25) is 0 Å². The second-order valence-electron chi connectivity index (χ2n) is 3.29. The highest BCUT2D eigenvalue weighted by molar-refractivity contribution is 6.33. The molecule has 0 bridgehead atoms. The fraction of sp³-hybridized carbons (Fsp3) is 0.300. The van der Waals surface area contributed by atoms with E-state index in [9.17, 15) is 9.90 Å². The molecule has 76 valence electrons. The Balaban J connectivity index is 2.79. The lowest BCUT2D eigenvalue weighted by Crippen LogP contribution is -2.43. The fourth-order valence-electron chi connectivity index (χ4n) is 1.06. The third-order valence-corrected chi connectivity index (χ3v) is 2.41. The maximum Gasteiger partial charge on any atom is 0.0851 e. The van der Waals surface area contributed by atoms with Gasteiger partial charge < -0.3 is 9.90 Å². The molecule has 0 fully saturated rings. The number of carbonyl (C=O) groups is 1. The molecule has 1 aromatic rings. The van der Waals surface area contributed by atoms with Crippen molar-refractivity contribution in [2.45, 2.75) is 18.2 Å². The van der Waals surface area contributed by atoms with Crippen molar-refractivity contribution in [2.24, 2.45) is 0 Å². The van der Waals surface area contributed by atoms with E-state index in [1.54, 1.807) is 24.3 Å². The van der Waals surface area contributed by atoms with Crippen LogP contribution < -0.4 is 5.11 Å².